The number of fused-ring (bicyclic) bond motifs is 1. The maximum absolute atomic E-state index is 14.3. The number of amides is 1. The molecule has 1 unspecified atom stereocenters. The van der Waals surface area contributed by atoms with Gasteiger partial charge in [0.2, 0.25) is 5.91 Å². The van der Waals surface area contributed by atoms with Gasteiger partial charge in [-0.15, -0.1) is 0 Å². The highest BCUT2D eigenvalue weighted by molar-refractivity contribution is 9.10. The lowest BCUT2D eigenvalue weighted by Gasteiger charge is -2.38. The summed E-state index contributed by atoms with van der Waals surface area (Å²) in [6.07, 6.45) is 4.13. The average Bonchev–Trinajstić information content (AvgIpc) is 3.62. The molecule has 2 heterocycles. The van der Waals surface area contributed by atoms with Crippen LogP contribution in [0.15, 0.2) is 29.0 Å². The third-order valence-corrected chi connectivity index (χ3v) is 7.94. The van der Waals surface area contributed by atoms with Gasteiger partial charge >= 0.3 is 0 Å². The predicted octanol–water partition coefficient (Wildman–Crippen LogP) is 3.35. The predicted molar refractivity (Wildman–Crippen MR) is 131 cm³/mol. The van der Waals surface area contributed by atoms with Crippen molar-refractivity contribution >= 4 is 27.7 Å². The van der Waals surface area contributed by atoms with Gasteiger partial charge in [0.15, 0.2) is 0 Å². The molecule has 0 bridgehead atoms. The molecular formula is C25H31BrFN5O2. The summed E-state index contributed by atoms with van der Waals surface area (Å²) in [4.78, 5) is 26.5. The fourth-order valence-electron chi connectivity index (χ4n) is 5.14. The van der Waals surface area contributed by atoms with E-state index < -0.39 is 12.0 Å². The standard InChI is InChI=1S/C25H31BrFN5O2/c1-15-10-21(33)23-22(15)24(30-14-29-23)31-6-8-32(9-7-31)25(34)18(13-28-12-16-2-3-16)17-4-5-19(26)20(27)11-17/h4-5,11,14-16,18,21,28,33H,2-3,6-10,12-13H2,1H3/t15-,18?,21+/m1/s1. The van der Waals surface area contributed by atoms with Crippen LogP contribution in [0.4, 0.5) is 10.2 Å². The summed E-state index contributed by atoms with van der Waals surface area (Å²) in [5.41, 5.74) is 2.46. The van der Waals surface area contributed by atoms with E-state index in [0.717, 1.165) is 23.6 Å². The SMILES string of the molecule is C[C@@H]1C[C@H](O)c2ncnc(N3CCN(C(=O)C(CNCC4CC4)c4ccc(Br)c(F)c4)CC3)c21. The second-order valence-corrected chi connectivity index (χ2v) is 10.6. The maximum Gasteiger partial charge on any atom is 0.231 e. The van der Waals surface area contributed by atoms with E-state index in [0.29, 0.717) is 55.1 Å². The Morgan fingerprint density at radius 2 is 2.03 bits per heavy atom. The average molecular weight is 532 g/mol. The lowest BCUT2D eigenvalue weighted by molar-refractivity contribution is -0.133. The van der Waals surface area contributed by atoms with Gasteiger partial charge in [-0.25, -0.2) is 14.4 Å². The van der Waals surface area contributed by atoms with Crippen molar-refractivity contribution in [3.05, 3.63) is 51.6 Å². The van der Waals surface area contributed by atoms with Gasteiger partial charge in [-0.3, -0.25) is 4.79 Å². The quantitative estimate of drug-likeness (QED) is 0.570. The topological polar surface area (TPSA) is 81.6 Å². The number of carbonyl (C=O) groups is 1. The fourth-order valence-corrected chi connectivity index (χ4v) is 5.39. The summed E-state index contributed by atoms with van der Waals surface area (Å²) in [6.45, 7) is 5.98. The van der Waals surface area contributed by atoms with Gasteiger partial charge in [-0.2, -0.15) is 0 Å². The Morgan fingerprint density at radius 1 is 1.26 bits per heavy atom. The van der Waals surface area contributed by atoms with Crippen molar-refractivity contribution in [2.45, 2.75) is 44.1 Å². The van der Waals surface area contributed by atoms with Crippen LogP contribution in [0.25, 0.3) is 0 Å². The highest BCUT2D eigenvalue weighted by atomic mass is 79.9. The maximum atomic E-state index is 14.3. The first-order valence-electron chi connectivity index (χ1n) is 12.1. The molecule has 3 atom stereocenters. The van der Waals surface area contributed by atoms with Crippen LogP contribution in [0, 0.1) is 11.7 Å². The summed E-state index contributed by atoms with van der Waals surface area (Å²) in [5, 5.41) is 13.7. The number of anilines is 1. The molecule has 0 radical (unpaired) electrons. The van der Waals surface area contributed by atoms with Crippen LogP contribution in [0.2, 0.25) is 0 Å². The Labute approximate surface area is 207 Å². The van der Waals surface area contributed by atoms with Gasteiger partial charge in [0, 0.05) is 38.3 Å². The smallest absolute Gasteiger partial charge is 0.231 e. The summed E-state index contributed by atoms with van der Waals surface area (Å²) >= 11 is 3.21. The zero-order valence-corrected chi connectivity index (χ0v) is 21.0. The molecule has 0 spiro atoms. The third kappa shape index (κ3) is 4.83. The highest BCUT2D eigenvalue weighted by Gasteiger charge is 2.35. The van der Waals surface area contributed by atoms with Crippen LogP contribution in [0.5, 0.6) is 0 Å². The number of hydrogen-bond donors (Lipinski definition) is 2. The van der Waals surface area contributed by atoms with E-state index in [4.69, 9.17) is 0 Å². The van der Waals surface area contributed by atoms with Gasteiger partial charge in [-0.1, -0.05) is 13.0 Å². The lowest BCUT2D eigenvalue weighted by Crippen LogP contribution is -2.51. The number of halogens is 2. The summed E-state index contributed by atoms with van der Waals surface area (Å²) in [7, 11) is 0. The van der Waals surface area contributed by atoms with Crippen molar-refractivity contribution in [3.8, 4) is 0 Å². The Hall–Kier alpha value is -2.10. The van der Waals surface area contributed by atoms with Crippen LogP contribution in [0.3, 0.4) is 0 Å². The molecule has 3 aliphatic rings. The molecule has 182 valence electrons. The van der Waals surface area contributed by atoms with Crippen molar-refractivity contribution < 1.29 is 14.3 Å². The molecule has 5 rings (SSSR count). The molecule has 34 heavy (non-hydrogen) atoms. The Kier molecular flexibility index (Phi) is 6.86. The molecule has 2 fully saturated rings. The number of hydrogen-bond acceptors (Lipinski definition) is 6. The summed E-state index contributed by atoms with van der Waals surface area (Å²) < 4.78 is 14.7. The summed E-state index contributed by atoms with van der Waals surface area (Å²) in [5.74, 6) is 1.04. The molecule has 2 aromatic rings. The van der Waals surface area contributed by atoms with Crippen molar-refractivity contribution in [2.24, 2.45) is 5.92 Å². The minimum atomic E-state index is -0.537. The lowest BCUT2D eigenvalue weighted by atomic mass is 9.96. The molecule has 1 amide bonds. The molecule has 2 N–H and O–H groups in total. The van der Waals surface area contributed by atoms with Crippen LogP contribution >= 0.6 is 15.9 Å². The normalized spacial score (nSPS) is 23.2. The number of rotatable bonds is 7. The first kappa shape index (κ1) is 23.6. The number of aliphatic hydroxyl groups excluding tert-OH is 1. The van der Waals surface area contributed by atoms with E-state index in [-0.39, 0.29) is 17.6 Å². The third-order valence-electron chi connectivity index (χ3n) is 7.29. The molecule has 1 aromatic carbocycles. The Balaban J connectivity index is 1.28. The van der Waals surface area contributed by atoms with Crippen molar-refractivity contribution in [2.75, 3.05) is 44.2 Å². The largest absolute Gasteiger partial charge is 0.387 e. The van der Waals surface area contributed by atoms with E-state index in [1.165, 1.54) is 25.2 Å². The summed E-state index contributed by atoms with van der Waals surface area (Å²) in [6, 6.07) is 4.98. The minimum absolute atomic E-state index is 0.0291. The molecule has 9 heteroatoms. The molecule has 1 aliphatic heterocycles. The zero-order valence-electron chi connectivity index (χ0n) is 19.4. The molecule has 1 saturated heterocycles. The van der Waals surface area contributed by atoms with Crippen LogP contribution < -0.4 is 10.2 Å². The number of nitrogens with one attached hydrogen (secondary N) is 1. The van der Waals surface area contributed by atoms with E-state index in [1.807, 2.05) is 11.0 Å². The minimum Gasteiger partial charge on any atom is -0.387 e. The zero-order chi connectivity index (χ0) is 23.8. The number of nitrogens with zero attached hydrogens (tertiary/aromatic N) is 4. The molecule has 2 aliphatic carbocycles. The van der Waals surface area contributed by atoms with Gasteiger partial charge in [-0.05, 0) is 71.3 Å². The number of aromatic nitrogens is 2. The first-order valence-corrected chi connectivity index (χ1v) is 12.9. The molecule has 1 saturated carbocycles. The van der Waals surface area contributed by atoms with E-state index in [1.54, 1.807) is 6.07 Å². The molecular weight excluding hydrogens is 501 g/mol. The molecule has 1 aromatic heterocycles. The number of piperazine rings is 1. The van der Waals surface area contributed by atoms with Crippen LogP contribution in [-0.2, 0) is 4.79 Å². The number of benzene rings is 1. The van der Waals surface area contributed by atoms with Crippen molar-refractivity contribution in [3.63, 3.8) is 0 Å². The first-order chi connectivity index (χ1) is 16.4. The monoisotopic (exact) mass is 531 g/mol. The second kappa shape index (κ2) is 9.87. The second-order valence-electron chi connectivity index (χ2n) is 9.79. The van der Waals surface area contributed by atoms with E-state index in [9.17, 15) is 14.3 Å². The Morgan fingerprint density at radius 3 is 2.74 bits per heavy atom. The number of aliphatic hydroxyl groups is 1. The van der Waals surface area contributed by atoms with Gasteiger partial charge in [0.1, 0.15) is 18.0 Å². The van der Waals surface area contributed by atoms with Crippen molar-refractivity contribution in [1.29, 1.82) is 0 Å². The van der Waals surface area contributed by atoms with Gasteiger partial charge in [0.05, 0.1) is 22.2 Å². The van der Waals surface area contributed by atoms with E-state index >= 15 is 0 Å². The molecule has 7 nitrogen and oxygen atoms in total. The van der Waals surface area contributed by atoms with Gasteiger partial charge in [0.25, 0.3) is 0 Å². The van der Waals surface area contributed by atoms with Crippen molar-refractivity contribution in [1.82, 2.24) is 20.2 Å². The number of carbonyl (C=O) groups excluding carboxylic acids is 1. The fraction of sp³-hybridized carbons (Fsp3) is 0.560. The van der Waals surface area contributed by atoms with Gasteiger partial charge < -0.3 is 20.2 Å². The Bertz CT molecular complexity index is 1060. The van der Waals surface area contributed by atoms with E-state index in [2.05, 4.69) is 43.0 Å². The van der Waals surface area contributed by atoms with Crippen LogP contribution in [-0.4, -0.2) is 65.2 Å². The van der Waals surface area contributed by atoms with Crippen LogP contribution in [0.1, 0.15) is 60.9 Å². The highest BCUT2D eigenvalue weighted by Crippen LogP contribution is 2.42.